The van der Waals surface area contributed by atoms with Gasteiger partial charge in [-0.2, -0.15) is 0 Å². The summed E-state index contributed by atoms with van der Waals surface area (Å²) in [5, 5.41) is 0. The third-order valence-corrected chi connectivity index (χ3v) is 5.36. The number of sulfonamides is 1. The van der Waals surface area contributed by atoms with Gasteiger partial charge in [-0.15, -0.1) is 0 Å². The molecule has 6 heteroatoms. The minimum Gasteiger partial charge on any atom is -0.377 e. The van der Waals surface area contributed by atoms with Crippen LogP contribution in [0.3, 0.4) is 0 Å². The Hall–Kier alpha value is -0.170. The predicted molar refractivity (Wildman–Crippen MR) is 75.6 cm³/mol. The summed E-state index contributed by atoms with van der Waals surface area (Å²) in [5.41, 5.74) is 0. The molecule has 2 fully saturated rings. The molecule has 2 atom stereocenters. The summed E-state index contributed by atoms with van der Waals surface area (Å²) < 4.78 is 32.2. The molecule has 0 unspecified atom stereocenters. The molecule has 0 bridgehead atoms. The highest BCUT2D eigenvalue weighted by Gasteiger charge is 2.25. The molecule has 2 aliphatic rings. The lowest BCUT2D eigenvalue weighted by Crippen LogP contribution is -2.45. The number of ether oxygens (including phenoxy) is 1. The normalized spacial score (nSPS) is 27.5. The maximum Gasteiger partial charge on any atom is 0.214 e. The van der Waals surface area contributed by atoms with E-state index in [2.05, 4.69) is 9.62 Å². The van der Waals surface area contributed by atoms with Crippen molar-refractivity contribution in [3.8, 4) is 0 Å². The lowest BCUT2D eigenvalue weighted by atomic mass is 10.1. The van der Waals surface area contributed by atoms with Gasteiger partial charge in [0, 0.05) is 19.2 Å². The quantitative estimate of drug-likeness (QED) is 0.791. The zero-order valence-corrected chi connectivity index (χ0v) is 12.6. The Bertz CT molecular complexity index is 360. The number of hydrogen-bond acceptors (Lipinski definition) is 4. The Morgan fingerprint density at radius 1 is 1.26 bits per heavy atom. The first kappa shape index (κ1) is 15.2. The van der Waals surface area contributed by atoms with E-state index < -0.39 is 10.0 Å². The minimum absolute atomic E-state index is 0.0236. The molecule has 19 heavy (non-hydrogen) atoms. The van der Waals surface area contributed by atoms with Gasteiger partial charge in [-0.3, -0.25) is 0 Å². The molecule has 0 amide bonds. The largest absolute Gasteiger partial charge is 0.377 e. The van der Waals surface area contributed by atoms with Gasteiger partial charge in [0.25, 0.3) is 0 Å². The van der Waals surface area contributed by atoms with Crippen LogP contribution in [0.15, 0.2) is 0 Å². The number of hydrogen-bond donors (Lipinski definition) is 1. The fraction of sp³-hybridized carbons (Fsp3) is 1.00. The van der Waals surface area contributed by atoms with Crippen LogP contribution in [-0.2, 0) is 14.8 Å². The highest BCUT2D eigenvalue weighted by Crippen LogP contribution is 2.14. The van der Waals surface area contributed by atoms with Crippen molar-refractivity contribution in [2.75, 3.05) is 32.0 Å². The van der Waals surface area contributed by atoms with Crippen molar-refractivity contribution < 1.29 is 13.2 Å². The van der Waals surface area contributed by atoms with Gasteiger partial charge in [-0.1, -0.05) is 6.42 Å². The summed E-state index contributed by atoms with van der Waals surface area (Å²) in [5.74, 6) is 0.108. The Kier molecular flexibility index (Phi) is 5.62. The molecule has 2 rings (SSSR count). The van der Waals surface area contributed by atoms with Crippen molar-refractivity contribution in [2.45, 2.75) is 51.2 Å². The fourth-order valence-corrected chi connectivity index (χ4v) is 4.48. The van der Waals surface area contributed by atoms with E-state index in [0.29, 0.717) is 6.61 Å². The van der Waals surface area contributed by atoms with Crippen LogP contribution in [0, 0.1) is 0 Å². The molecule has 0 aliphatic carbocycles. The van der Waals surface area contributed by atoms with Crippen LogP contribution < -0.4 is 4.72 Å². The van der Waals surface area contributed by atoms with Crippen LogP contribution in [-0.4, -0.2) is 57.5 Å². The van der Waals surface area contributed by atoms with E-state index in [-0.39, 0.29) is 17.9 Å². The van der Waals surface area contributed by atoms with Gasteiger partial charge >= 0.3 is 0 Å². The first-order valence-electron chi connectivity index (χ1n) is 7.39. The molecule has 0 aromatic rings. The van der Waals surface area contributed by atoms with Crippen molar-refractivity contribution in [3.63, 3.8) is 0 Å². The van der Waals surface area contributed by atoms with Crippen LogP contribution in [0.25, 0.3) is 0 Å². The second-order valence-electron chi connectivity index (χ2n) is 5.80. The summed E-state index contributed by atoms with van der Waals surface area (Å²) >= 11 is 0. The highest BCUT2D eigenvalue weighted by molar-refractivity contribution is 7.89. The summed E-state index contributed by atoms with van der Waals surface area (Å²) in [4.78, 5) is 2.35. The van der Waals surface area contributed by atoms with Gasteiger partial charge in [0.15, 0.2) is 0 Å². The van der Waals surface area contributed by atoms with Gasteiger partial charge in [0.05, 0.1) is 11.9 Å². The molecule has 0 radical (unpaired) electrons. The molecule has 2 aliphatic heterocycles. The average Bonchev–Trinajstić information content (AvgIpc) is 2.81. The Morgan fingerprint density at radius 2 is 2.00 bits per heavy atom. The van der Waals surface area contributed by atoms with E-state index in [1.165, 1.54) is 19.3 Å². The molecule has 0 spiro atoms. The molecule has 0 aromatic heterocycles. The fourth-order valence-electron chi connectivity index (χ4n) is 2.94. The topological polar surface area (TPSA) is 58.6 Å². The summed E-state index contributed by atoms with van der Waals surface area (Å²) in [7, 11) is -3.22. The molecular weight excluding hydrogens is 264 g/mol. The van der Waals surface area contributed by atoms with Crippen LogP contribution >= 0.6 is 0 Å². The van der Waals surface area contributed by atoms with E-state index in [0.717, 1.165) is 32.5 Å². The standard InChI is InChI=1S/C13H26N2O3S/c1-12(10-15-7-3-2-4-8-15)14-19(16,17)11-13-6-5-9-18-13/h12-14H,2-11H2,1H3/t12-,13+/m1/s1. The van der Waals surface area contributed by atoms with Gasteiger partial charge in [0.2, 0.25) is 10.0 Å². The maximum atomic E-state index is 12.0. The predicted octanol–water partition coefficient (Wildman–Crippen LogP) is 0.959. The summed E-state index contributed by atoms with van der Waals surface area (Å²) in [6, 6.07) is -0.0236. The number of likely N-dealkylation sites (tertiary alicyclic amines) is 1. The molecule has 0 aromatic carbocycles. The summed E-state index contributed by atoms with van der Waals surface area (Å²) in [6.07, 6.45) is 5.49. The number of nitrogens with zero attached hydrogens (tertiary/aromatic N) is 1. The van der Waals surface area contributed by atoms with Gasteiger partial charge < -0.3 is 9.64 Å². The van der Waals surface area contributed by atoms with Crippen molar-refractivity contribution in [3.05, 3.63) is 0 Å². The second kappa shape index (κ2) is 7.02. The minimum atomic E-state index is -3.22. The van der Waals surface area contributed by atoms with Crippen molar-refractivity contribution in [1.82, 2.24) is 9.62 Å². The van der Waals surface area contributed by atoms with Crippen molar-refractivity contribution in [2.24, 2.45) is 0 Å². The van der Waals surface area contributed by atoms with Crippen LogP contribution in [0.4, 0.5) is 0 Å². The van der Waals surface area contributed by atoms with Crippen LogP contribution in [0.5, 0.6) is 0 Å². The maximum absolute atomic E-state index is 12.0. The third kappa shape index (κ3) is 5.38. The second-order valence-corrected chi connectivity index (χ2v) is 7.60. The Balaban J connectivity index is 1.74. The number of rotatable bonds is 6. The van der Waals surface area contributed by atoms with Crippen LogP contribution in [0.1, 0.15) is 39.0 Å². The van der Waals surface area contributed by atoms with E-state index in [4.69, 9.17) is 4.74 Å². The first-order chi connectivity index (χ1) is 9.05. The smallest absolute Gasteiger partial charge is 0.214 e. The average molecular weight is 290 g/mol. The zero-order chi connectivity index (χ0) is 13.7. The molecule has 2 heterocycles. The Morgan fingerprint density at radius 3 is 2.63 bits per heavy atom. The SMILES string of the molecule is C[C@H](CN1CCCCC1)NS(=O)(=O)C[C@@H]1CCCO1. The van der Waals surface area contributed by atoms with Gasteiger partial charge in [0.1, 0.15) is 0 Å². The lowest BCUT2D eigenvalue weighted by molar-refractivity contribution is 0.127. The van der Waals surface area contributed by atoms with Gasteiger partial charge in [-0.05, 0) is 45.7 Å². The first-order valence-corrected chi connectivity index (χ1v) is 9.04. The van der Waals surface area contributed by atoms with E-state index >= 15 is 0 Å². The van der Waals surface area contributed by atoms with E-state index in [1.807, 2.05) is 6.92 Å². The number of piperidine rings is 1. The highest BCUT2D eigenvalue weighted by atomic mass is 32.2. The monoisotopic (exact) mass is 290 g/mol. The van der Waals surface area contributed by atoms with Crippen LogP contribution in [0.2, 0.25) is 0 Å². The third-order valence-electron chi connectivity index (χ3n) is 3.79. The molecular formula is C13H26N2O3S. The summed E-state index contributed by atoms with van der Waals surface area (Å²) in [6.45, 7) is 5.64. The Labute approximate surface area is 116 Å². The lowest BCUT2D eigenvalue weighted by Gasteiger charge is -2.29. The molecule has 1 N–H and O–H groups in total. The molecule has 5 nitrogen and oxygen atoms in total. The van der Waals surface area contributed by atoms with E-state index in [1.54, 1.807) is 0 Å². The van der Waals surface area contributed by atoms with Crippen molar-refractivity contribution in [1.29, 1.82) is 0 Å². The molecule has 2 saturated heterocycles. The van der Waals surface area contributed by atoms with E-state index in [9.17, 15) is 8.42 Å². The van der Waals surface area contributed by atoms with Gasteiger partial charge in [-0.25, -0.2) is 13.1 Å². The number of nitrogens with one attached hydrogen (secondary N) is 1. The molecule has 0 saturated carbocycles. The van der Waals surface area contributed by atoms with Crippen molar-refractivity contribution >= 4 is 10.0 Å². The zero-order valence-electron chi connectivity index (χ0n) is 11.8. The molecule has 112 valence electrons.